The van der Waals surface area contributed by atoms with E-state index >= 15 is 0 Å². The van der Waals surface area contributed by atoms with E-state index in [4.69, 9.17) is 16.3 Å². The highest BCUT2D eigenvalue weighted by Gasteiger charge is 2.59. The molecule has 1 saturated carbocycles. The molecule has 2 aliphatic carbocycles. The normalized spacial score (nSPS) is 26.2. The Hall–Kier alpha value is -3.12. The summed E-state index contributed by atoms with van der Waals surface area (Å²) in [4.78, 5) is 39.3. The molecule has 2 fully saturated rings. The van der Waals surface area contributed by atoms with Gasteiger partial charge in [0.1, 0.15) is 12.3 Å². The van der Waals surface area contributed by atoms with Crippen molar-refractivity contribution in [3.63, 3.8) is 0 Å². The van der Waals surface area contributed by atoms with Crippen LogP contribution in [0, 0.1) is 23.7 Å². The predicted molar refractivity (Wildman–Crippen MR) is 111 cm³/mol. The Bertz CT molecular complexity index is 1050. The molecule has 7 heteroatoms. The van der Waals surface area contributed by atoms with E-state index in [-0.39, 0.29) is 42.0 Å². The monoisotopic (exact) mass is 422 g/mol. The Morgan fingerprint density at radius 3 is 2.23 bits per heavy atom. The average molecular weight is 423 g/mol. The van der Waals surface area contributed by atoms with Crippen molar-refractivity contribution in [1.82, 2.24) is 4.90 Å². The van der Waals surface area contributed by atoms with Crippen LogP contribution in [0.1, 0.15) is 6.42 Å². The van der Waals surface area contributed by atoms with Crippen molar-refractivity contribution >= 4 is 35.0 Å². The summed E-state index contributed by atoms with van der Waals surface area (Å²) in [6, 6.07) is 14.0. The molecule has 1 N–H and O–H groups in total. The van der Waals surface area contributed by atoms with Crippen LogP contribution < -0.4 is 10.1 Å². The number of para-hydroxylation sites is 3. The minimum absolute atomic E-state index is 0.120. The fourth-order valence-electron chi connectivity index (χ4n) is 4.76. The quantitative estimate of drug-likeness (QED) is 0.586. The maximum Gasteiger partial charge on any atom is 0.244 e. The number of nitrogens with one attached hydrogen (secondary N) is 1. The third kappa shape index (κ3) is 3.08. The lowest BCUT2D eigenvalue weighted by atomic mass is 9.85. The summed E-state index contributed by atoms with van der Waals surface area (Å²) in [7, 11) is 0. The van der Waals surface area contributed by atoms with E-state index in [9.17, 15) is 14.4 Å². The zero-order chi connectivity index (χ0) is 20.8. The summed E-state index contributed by atoms with van der Waals surface area (Å²) >= 11 is 6.15. The number of nitrogens with zero attached hydrogens (tertiary/aromatic N) is 1. The summed E-state index contributed by atoms with van der Waals surface area (Å²) in [6.45, 7) is -0.301. The van der Waals surface area contributed by atoms with Crippen LogP contribution in [0.3, 0.4) is 0 Å². The fraction of sp³-hybridized carbons (Fsp3) is 0.261. The van der Waals surface area contributed by atoms with Crippen LogP contribution in [0.15, 0.2) is 60.7 Å². The third-order valence-corrected chi connectivity index (χ3v) is 6.39. The van der Waals surface area contributed by atoms with Gasteiger partial charge in [0.05, 0.1) is 22.5 Å². The van der Waals surface area contributed by atoms with Gasteiger partial charge in [-0.15, -0.1) is 0 Å². The number of fused-ring (bicyclic) bond motifs is 5. The third-order valence-electron chi connectivity index (χ3n) is 6.08. The summed E-state index contributed by atoms with van der Waals surface area (Å²) in [5, 5.41) is 3.20. The van der Waals surface area contributed by atoms with E-state index in [0.717, 1.165) is 11.3 Å². The van der Waals surface area contributed by atoms with Gasteiger partial charge in [-0.25, -0.2) is 0 Å². The topological polar surface area (TPSA) is 75.7 Å². The van der Waals surface area contributed by atoms with Gasteiger partial charge < -0.3 is 10.1 Å². The summed E-state index contributed by atoms with van der Waals surface area (Å²) in [5.41, 5.74) is 0.434. The summed E-state index contributed by atoms with van der Waals surface area (Å²) in [5.74, 6) is -0.433. The largest absolute Gasteiger partial charge is 0.454 e. The van der Waals surface area contributed by atoms with Crippen molar-refractivity contribution in [2.24, 2.45) is 23.7 Å². The number of amides is 3. The first-order valence-electron chi connectivity index (χ1n) is 9.88. The number of rotatable bonds is 5. The van der Waals surface area contributed by atoms with Crippen molar-refractivity contribution in [2.75, 3.05) is 11.9 Å². The molecule has 4 atom stereocenters. The molecule has 1 saturated heterocycles. The molecule has 30 heavy (non-hydrogen) atoms. The number of hydrogen-bond acceptors (Lipinski definition) is 4. The molecule has 3 aliphatic rings. The van der Waals surface area contributed by atoms with E-state index in [1.54, 1.807) is 48.5 Å². The van der Waals surface area contributed by atoms with Crippen molar-refractivity contribution in [1.29, 1.82) is 0 Å². The number of halogens is 1. The molecular formula is C23H19ClN2O4. The molecule has 6 nitrogen and oxygen atoms in total. The second kappa shape index (κ2) is 7.29. The molecule has 0 aromatic heterocycles. The maximum atomic E-state index is 12.8. The van der Waals surface area contributed by atoms with Crippen LogP contribution in [-0.4, -0.2) is 29.2 Å². The van der Waals surface area contributed by atoms with Crippen molar-refractivity contribution in [3.05, 3.63) is 65.7 Å². The summed E-state index contributed by atoms with van der Waals surface area (Å²) in [6.07, 6.45) is 4.92. The molecule has 5 rings (SSSR count). The Kier molecular flexibility index (Phi) is 4.59. The SMILES string of the molecule is O=C(CN1C(=O)C2C3C=CC(C3)C2C1=O)Nc1ccccc1Oc1ccccc1Cl. The van der Waals surface area contributed by atoms with Gasteiger partial charge in [0.2, 0.25) is 17.7 Å². The molecular weight excluding hydrogens is 404 g/mol. The van der Waals surface area contributed by atoms with Crippen molar-refractivity contribution < 1.29 is 19.1 Å². The number of anilines is 1. The number of carbonyl (C=O) groups is 3. The average Bonchev–Trinajstić information content (AvgIpc) is 3.41. The lowest BCUT2D eigenvalue weighted by Crippen LogP contribution is -2.39. The van der Waals surface area contributed by atoms with Gasteiger partial charge in [0.25, 0.3) is 0 Å². The molecule has 0 spiro atoms. The van der Waals surface area contributed by atoms with Crippen molar-refractivity contribution in [3.8, 4) is 11.5 Å². The molecule has 4 unspecified atom stereocenters. The first kappa shape index (κ1) is 18.9. The Labute approximate surface area is 178 Å². The highest BCUT2D eigenvalue weighted by molar-refractivity contribution is 6.32. The van der Waals surface area contributed by atoms with E-state index in [1.807, 2.05) is 12.2 Å². The van der Waals surface area contributed by atoms with Gasteiger partial charge in [0, 0.05) is 0 Å². The number of imide groups is 1. The van der Waals surface area contributed by atoms with Gasteiger partial charge in [-0.05, 0) is 42.5 Å². The van der Waals surface area contributed by atoms with E-state index in [1.165, 1.54) is 0 Å². The highest BCUT2D eigenvalue weighted by Crippen LogP contribution is 2.52. The minimum atomic E-state index is -0.452. The van der Waals surface area contributed by atoms with Gasteiger partial charge >= 0.3 is 0 Å². The Morgan fingerprint density at radius 1 is 0.967 bits per heavy atom. The Balaban J connectivity index is 1.29. The van der Waals surface area contributed by atoms with Crippen LogP contribution in [-0.2, 0) is 14.4 Å². The van der Waals surface area contributed by atoms with Crippen LogP contribution >= 0.6 is 11.6 Å². The van der Waals surface area contributed by atoms with E-state index in [2.05, 4.69) is 5.32 Å². The van der Waals surface area contributed by atoms with Gasteiger partial charge in [-0.3, -0.25) is 19.3 Å². The minimum Gasteiger partial charge on any atom is -0.454 e. The lowest BCUT2D eigenvalue weighted by Gasteiger charge is -2.18. The molecule has 0 radical (unpaired) electrons. The second-order valence-corrected chi connectivity index (χ2v) is 8.25. The van der Waals surface area contributed by atoms with Crippen LogP contribution in [0.2, 0.25) is 5.02 Å². The van der Waals surface area contributed by atoms with E-state index in [0.29, 0.717) is 22.2 Å². The number of ether oxygens (including phenoxy) is 1. The number of carbonyl (C=O) groups excluding carboxylic acids is 3. The zero-order valence-corrected chi connectivity index (χ0v) is 16.7. The van der Waals surface area contributed by atoms with Crippen LogP contribution in [0.5, 0.6) is 11.5 Å². The summed E-state index contributed by atoms with van der Waals surface area (Å²) < 4.78 is 5.85. The number of allylic oxidation sites excluding steroid dienone is 2. The molecule has 3 amide bonds. The van der Waals surface area contributed by atoms with Gasteiger partial charge in [-0.2, -0.15) is 0 Å². The van der Waals surface area contributed by atoms with E-state index < -0.39 is 5.91 Å². The Morgan fingerprint density at radius 2 is 1.57 bits per heavy atom. The zero-order valence-electron chi connectivity index (χ0n) is 16.0. The number of benzene rings is 2. The first-order chi connectivity index (χ1) is 14.5. The molecule has 1 heterocycles. The number of hydrogen-bond donors (Lipinski definition) is 1. The molecule has 152 valence electrons. The number of likely N-dealkylation sites (tertiary alicyclic amines) is 1. The predicted octanol–water partition coefficient (Wildman–Crippen LogP) is 3.88. The molecule has 2 aromatic carbocycles. The molecule has 1 aliphatic heterocycles. The molecule has 2 bridgehead atoms. The van der Waals surface area contributed by atoms with Crippen LogP contribution in [0.4, 0.5) is 5.69 Å². The highest BCUT2D eigenvalue weighted by atomic mass is 35.5. The first-order valence-corrected chi connectivity index (χ1v) is 10.3. The molecule has 2 aromatic rings. The smallest absolute Gasteiger partial charge is 0.244 e. The maximum absolute atomic E-state index is 12.8. The fourth-order valence-corrected chi connectivity index (χ4v) is 4.93. The lowest BCUT2D eigenvalue weighted by molar-refractivity contribution is -0.143. The second-order valence-electron chi connectivity index (χ2n) is 7.84. The van der Waals surface area contributed by atoms with Crippen LogP contribution in [0.25, 0.3) is 0 Å². The standard InChI is InChI=1S/C23H19ClN2O4/c24-15-5-1-3-7-17(15)30-18-8-4-2-6-16(18)25-19(27)12-26-22(28)20-13-9-10-14(11-13)21(20)23(26)29/h1-10,13-14,20-21H,11-12H2,(H,25,27). The van der Waals surface area contributed by atoms with Crippen molar-refractivity contribution in [2.45, 2.75) is 6.42 Å². The van der Waals surface area contributed by atoms with Gasteiger partial charge in [-0.1, -0.05) is 48.0 Å². The van der Waals surface area contributed by atoms with Gasteiger partial charge in [0.15, 0.2) is 5.75 Å².